The number of hydrogen-bond donors (Lipinski definition) is 1. The number of fused-ring (bicyclic) bond motifs is 1. The van der Waals surface area contributed by atoms with E-state index in [2.05, 4.69) is 39.5 Å². The Balaban J connectivity index is 1.45. The summed E-state index contributed by atoms with van der Waals surface area (Å²) in [7, 11) is 0. The highest BCUT2D eigenvalue weighted by Gasteiger charge is 2.19. The third kappa shape index (κ3) is 3.90. The maximum Gasteiger partial charge on any atom is 0.270 e. The molecule has 0 atom stereocenters. The summed E-state index contributed by atoms with van der Waals surface area (Å²) >= 11 is 0. The number of nitrogens with one attached hydrogen (secondary N) is 1. The van der Waals surface area contributed by atoms with Crippen molar-refractivity contribution < 1.29 is 4.79 Å². The van der Waals surface area contributed by atoms with Crippen LogP contribution in [0.1, 0.15) is 60.1 Å². The summed E-state index contributed by atoms with van der Waals surface area (Å²) < 4.78 is 0. The molecule has 2 aromatic rings. The van der Waals surface area contributed by atoms with Gasteiger partial charge in [-0.05, 0) is 42.5 Å². The van der Waals surface area contributed by atoms with Crippen LogP contribution in [0.4, 0.5) is 5.69 Å². The summed E-state index contributed by atoms with van der Waals surface area (Å²) in [5.74, 6) is -0.0313. The molecule has 0 saturated heterocycles. The first-order chi connectivity index (χ1) is 12.8. The monoisotopic (exact) mass is 349 g/mol. The van der Waals surface area contributed by atoms with E-state index in [1.165, 1.54) is 36.8 Å². The summed E-state index contributed by atoms with van der Waals surface area (Å²) in [5, 5.41) is 3.20. The Morgan fingerprint density at radius 2 is 1.81 bits per heavy atom. The van der Waals surface area contributed by atoms with Gasteiger partial charge in [0.2, 0.25) is 0 Å². The van der Waals surface area contributed by atoms with Crippen molar-refractivity contribution in [1.29, 1.82) is 0 Å². The molecule has 2 aliphatic rings. The standard InChI is InChI=1S/C22H27N3O/c26-22(24-19-9-3-1-2-4-10-19)21-15-20(11-13-23-21)25-14-12-17-7-5-6-8-18(17)16-25/h5-8,11,13,15,19H,1-4,9-10,12,14,16H2,(H,24,26). The maximum atomic E-state index is 12.7. The topological polar surface area (TPSA) is 45.2 Å². The number of hydrogen-bond acceptors (Lipinski definition) is 3. The largest absolute Gasteiger partial charge is 0.367 e. The van der Waals surface area contributed by atoms with Crippen molar-refractivity contribution in [2.75, 3.05) is 11.4 Å². The summed E-state index contributed by atoms with van der Waals surface area (Å²) in [5.41, 5.74) is 4.43. The van der Waals surface area contributed by atoms with Crippen LogP contribution in [-0.2, 0) is 13.0 Å². The number of carbonyl (C=O) groups is 1. The lowest BCUT2D eigenvalue weighted by molar-refractivity contribution is 0.0928. The number of pyridine rings is 1. The highest BCUT2D eigenvalue weighted by molar-refractivity contribution is 5.93. The van der Waals surface area contributed by atoms with E-state index in [0.29, 0.717) is 11.7 Å². The molecule has 4 nitrogen and oxygen atoms in total. The molecule has 4 rings (SSSR count). The lowest BCUT2D eigenvalue weighted by Crippen LogP contribution is -2.35. The van der Waals surface area contributed by atoms with Crippen molar-refractivity contribution in [3.05, 3.63) is 59.4 Å². The van der Waals surface area contributed by atoms with Crippen LogP contribution in [0.15, 0.2) is 42.6 Å². The molecular formula is C22H27N3O. The molecule has 2 heterocycles. The molecule has 26 heavy (non-hydrogen) atoms. The number of aromatic nitrogens is 1. The van der Waals surface area contributed by atoms with Gasteiger partial charge in [-0.25, -0.2) is 0 Å². The molecule has 0 radical (unpaired) electrons. The average molecular weight is 349 g/mol. The van der Waals surface area contributed by atoms with Crippen LogP contribution in [0.3, 0.4) is 0 Å². The quantitative estimate of drug-likeness (QED) is 0.849. The molecular weight excluding hydrogens is 322 g/mol. The molecule has 0 unspecified atom stereocenters. The fourth-order valence-electron chi connectivity index (χ4n) is 4.14. The first-order valence-electron chi connectivity index (χ1n) is 9.88. The Kier molecular flexibility index (Phi) is 5.19. The number of benzene rings is 1. The highest BCUT2D eigenvalue weighted by atomic mass is 16.1. The van der Waals surface area contributed by atoms with Crippen molar-refractivity contribution in [2.24, 2.45) is 0 Å². The second-order valence-corrected chi connectivity index (χ2v) is 7.50. The van der Waals surface area contributed by atoms with E-state index >= 15 is 0 Å². The maximum absolute atomic E-state index is 12.7. The number of amides is 1. The van der Waals surface area contributed by atoms with Gasteiger partial charge in [0.15, 0.2) is 0 Å². The van der Waals surface area contributed by atoms with Gasteiger partial charge in [-0.15, -0.1) is 0 Å². The molecule has 1 aliphatic heterocycles. The minimum atomic E-state index is -0.0313. The molecule has 1 fully saturated rings. The zero-order valence-corrected chi connectivity index (χ0v) is 15.3. The molecule has 1 amide bonds. The van der Waals surface area contributed by atoms with E-state index in [9.17, 15) is 4.79 Å². The van der Waals surface area contributed by atoms with Crippen LogP contribution >= 0.6 is 0 Å². The van der Waals surface area contributed by atoms with Gasteiger partial charge in [0.05, 0.1) is 0 Å². The minimum absolute atomic E-state index is 0.0313. The van der Waals surface area contributed by atoms with Crippen molar-refractivity contribution in [1.82, 2.24) is 10.3 Å². The lowest BCUT2D eigenvalue weighted by atomic mass is 9.99. The summed E-state index contributed by atoms with van der Waals surface area (Å²) in [6, 6.07) is 12.9. The van der Waals surface area contributed by atoms with Gasteiger partial charge in [-0.1, -0.05) is 49.9 Å². The molecule has 0 spiro atoms. The zero-order chi connectivity index (χ0) is 17.8. The van der Waals surface area contributed by atoms with E-state index < -0.39 is 0 Å². The van der Waals surface area contributed by atoms with Crippen molar-refractivity contribution in [2.45, 2.75) is 57.5 Å². The first kappa shape index (κ1) is 17.1. The van der Waals surface area contributed by atoms with Crippen LogP contribution in [0.5, 0.6) is 0 Å². The normalized spacial score (nSPS) is 18.1. The van der Waals surface area contributed by atoms with Crippen molar-refractivity contribution in [3.63, 3.8) is 0 Å². The fraction of sp³-hybridized carbons (Fsp3) is 0.455. The number of carbonyl (C=O) groups excluding carboxylic acids is 1. The first-order valence-corrected chi connectivity index (χ1v) is 9.88. The minimum Gasteiger partial charge on any atom is -0.367 e. The summed E-state index contributed by atoms with van der Waals surface area (Å²) in [6.07, 6.45) is 9.99. The van der Waals surface area contributed by atoms with Crippen LogP contribution in [0.2, 0.25) is 0 Å². The number of anilines is 1. The van der Waals surface area contributed by atoms with Crippen LogP contribution < -0.4 is 10.2 Å². The lowest BCUT2D eigenvalue weighted by Gasteiger charge is -2.30. The van der Waals surface area contributed by atoms with E-state index in [1.807, 2.05) is 12.1 Å². The van der Waals surface area contributed by atoms with Gasteiger partial charge >= 0.3 is 0 Å². The van der Waals surface area contributed by atoms with Crippen LogP contribution in [-0.4, -0.2) is 23.5 Å². The fourth-order valence-corrected chi connectivity index (χ4v) is 4.14. The second kappa shape index (κ2) is 7.90. The van der Waals surface area contributed by atoms with Gasteiger partial charge in [-0.2, -0.15) is 0 Å². The Morgan fingerprint density at radius 1 is 1.04 bits per heavy atom. The van der Waals surface area contributed by atoms with E-state index in [4.69, 9.17) is 0 Å². The van der Waals surface area contributed by atoms with E-state index in [1.54, 1.807) is 6.20 Å². The molecule has 4 heteroatoms. The molecule has 136 valence electrons. The molecule has 1 N–H and O–H groups in total. The van der Waals surface area contributed by atoms with Gasteiger partial charge in [0.25, 0.3) is 5.91 Å². The van der Waals surface area contributed by atoms with Gasteiger partial charge in [-0.3, -0.25) is 9.78 Å². The second-order valence-electron chi connectivity index (χ2n) is 7.50. The number of nitrogens with zero attached hydrogens (tertiary/aromatic N) is 2. The summed E-state index contributed by atoms with van der Waals surface area (Å²) in [4.78, 5) is 19.3. The number of rotatable bonds is 3. The predicted molar refractivity (Wildman–Crippen MR) is 104 cm³/mol. The molecule has 1 aliphatic carbocycles. The van der Waals surface area contributed by atoms with Gasteiger partial charge < -0.3 is 10.2 Å². The van der Waals surface area contributed by atoms with E-state index in [-0.39, 0.29) is 5.91 Å². The van der Waals surface area contributed by atoms with Gasteiger partial charge in [0.1, 0.15) is 5.69 Å². The van der Waals surface area contributed by atoms with Crippen LogP contribution in [0.25, 0.3) is 0 Å². The molecule has 1 saturated carbocycles. The molecule has 0 bridgehead atoms. The van der Waals surface area contributed by atoms with E-state index in [0.717, 1.165) is 38.0 Å². The Hall–Kier alpha value is -2.36. The Labute approximate surface area is 155 Å². The molecule has 1 aromatic heterocycles. The molecule has 1 aromatic carbocycles. The summed E-state index contributed by atoms with van der Waals surface area (Å²) in [6.45, 7) is 1.87. The zero-order valence-electron chi connectivity index (χ0n) is 15.3. The smallest absolute Gasteiger partial charge is 0.270 e. The third-order valence-corrected chi connectivity index (χ3v) is 5.66. The average Bonchev–Trinajstić information content (AvgIpc) is 2.96. The van der Waals surface area contributed by atoms with Crippen molar-refractivity contribution in [3.8, 4) is 0 Å². The highest BCUT2D eigenvalue weighted by Crippen LogP contribution is 2.24. The van der Waals surface area contributed by atoms with Gasteiger partial charge in [0, 0.05) is 31.0 Å². The Morgan fingerprint density at radius 3 is 2.62 bits per heavy atom. The third-order valence-electron chi connectivity index (χ3n) is 5.66. The van der Waals surface area contributed by atoms with Crippen LogP contribution in [0, 0.1) is 0 Å². The SMILES string of the molecule is O=C(NC1CCCCCC1)c1cc(N2CCc3ccccc3C2)ccn1. The predicted octanol–water partition coefficient (Wildman–Crippen LogP) is 4.10. The Bertz CT molecular complexity index is 765. The van der Waals surface area contributed by atoms with Crippen molar-refractivity contribution >= 4 is 11.6 Å².